The van der Waals surface area contributed by atoms with Crippen molar-refractivity contribution in [3.05, 3.63) is 51.5 Å². The summed E-state index contributed by atoms with van der Waals surface area (Å²) in [4.78, 5) is -0.111. The summed E-state index contributed by atoms with van der Waals surface area (Å²) in [5.41, 5.74) is 6.21. The molecule has 3 N–H and O–H groups in total. The maximum atomic E-state index is 12.3. The van der Waals surface area contributed by atoms with Crippen LogP contribution in [-0.4, -0.2) is 8.42 Å². The van der Waals surface area contributed by atoms with Crippen LogP contribution in [0.1, 0.15) is 5.56 Å². The number of benzene rings is 2. The highest BCUT2D eigenvalue weighted by molar-refractivity contribution is 9.10. The monoisotopic (exact) mass is 385 g/mol. The predicted molar refractivity (Wildman–Crippen MR) is 85.5 cm³/mol. The molecule has 0 saturated heterocycles. The fraction of sp³-hybridized carbons (Fsp3) is 0. The number of rotatable bonds is 3. The molecule has 2 aromatic carbocycles. The molecule has 0 aromatic heterocycles. The highest BCUT2D eigenvalue weighted by atomic mass is 79.9. The van der Waals surface area contributed by atoms with Gasteiger partial charge in [0.15, 0.2) is 0 Å². The maximum Gasteiger partial charge on any atom is 0.263 e. The Morgan fingerprint density at radius 3 is 2.52 bits per heavy atom. The third-order valence-corrected chi connectivity index (χ3v) is 4.85. The average molecular weight is 387 g/mol. The van der Waals surface area contributed by atoms with Crippen LogP contribution < -0.4 is 10.5 Å². The molecule has 8 heteroatoms. The van der Waals surface area contributed by atoms with E-state index in [4.69, 9.17) is 22.6 Å². The van der Waals surface area contributed by atoms with Crippen LogP contribution in [0.2, 0.25) is 5.02 Å². The van der Waals surface area contributed by atoms with Crippen LogP contribution in [-0.2, 0) is 10.0 Å². The molecule has 0 fully saturated rings. The minimum atomic E-state index is -3.89. The number of nitriles is 1. The standard InChI is InChI=1S/C13H9BrClN3O2S/c14-9-2-3-12(10(15)6-9)18-21(19,20)13-4-1-8(7-16)5-11(13)17/h1-6,18H,17H2. The van der Waals surface area contributed by atoms with Crippen molar-refractivity contribution in [3.63, 3.8) is 0 Å². The van der Waals surface area contributed by atoms with E-state index in [-0.39, 0.29) is 26.9 Å². The van der Waals surface area contributed by atoms with Crippen LogP contribution in [0.4, 0.5) is 11.4 Å². The first kappa shape index (κ1) is 15.6. The molecule has 0 bridgehead atoms. The number of sulfonamides is 1. The largest absolute Gasteiger partial charge is 0.398 e. The predicted octanol–water partition coefficient (Wildman–Crippen LogP) is 3.36. The number of hydrogen-bond acceptors (Lipinski definition) is 4. The molecule has 0 heterocycles. The summed E-state index contributed by atoms with van der Waals surface area (Å²) in [6.45, 7) is 0. The third-order valence-electron chi connectivity index (χ3n) is 2.60. The van der Waals surface area contributed by atoms with Crippen molar-refractivity contribution in [2.75, 3.05) is 10.5 Å². The molecule has 0 amide bonds. The number of anilines is 2. The number of nitrogens with zero attached hydrogens (tertiary/aromatic N) is 1. The molecule has 2 aromatic rings. The van der Waals surface area contributed by atoms with Crippen molar-refractivity contribution < 1.29 is 8.42 Å². The van der Waals surface area contributed by atoms with Gasteiger partial charge in [0.1, 0.15) is 4.90 Å². The van der Waals surface area contributed by atoms with Crippen molar-refractivity contribution in [2.45, 2.75) is 4.90 Å². The van der Waals surface area contributed by atoms with Gasteiger partial charge in [0.05, 0.1) is 28.0 Å². The normalized spacial score (nSPS) is 10.9. The second-order valence-electron chi connectivity index (χ2n) is 4.09. The molecule has 0 aliphatic carbocycles. The van der Waals surface area contributed by atoms with Gasteiger partial charge in [-0.3, -0.25) is 4.72 Å². The summed E-state index contributed by atoms with van der Waals surface area (Å²) in [5, 5.41) is 9.01. The highest BCUT2D eigenvalue weighted by Crippen LogP contribution is 2.29. The average Bonchev–Trinajstić information content (AvgIpc) is 2.41. The third kappa shape index (κ3) is 3.47. The van der Waals surface area contributed by atoms with Gasteiger partial charge in [-0.15, -0.1) is 0 Å². The highest BCUT2D eigenvalue weighted by Gasteiger charge is 2.19. The van der Waals surface area contributed by atoms with Crippen LogP contribution in [0.3, 0.4) is 0 Å². The Balaban J connectivity index is 2.41. The molecule has 0 aliphatic heterocycles. The number of halogens is 2. The second kappa shape index (κ2) is 5.93. The van der Waals surface area contributed by atoms with Crippen molar-refractivity contribution in [1.82, 2.24) is 0 Å². The Morgan fingerprint density at radius 2 is 1.95 bits per heavy atom. The van der Waals surface area contributed by atoms with E-state index in [1.807, 2.05) is 6.07 Å². The van der Waals surface area contributed by atoms with Gasteiger partial charge in [0.2, 0.25) is 0 Å². The van der Waals surface area contributed by atoms with Crippen LogP contribution >= 0.6 is 27.5 Å². The van der Waals surface area contributed by atoms with E-state index in [9.17, 15) is 8.42 Å². The minimum Gasteiger partial charge on any atom is -0.398 e. The Hall–Kier alpha value is -1.75. The molecule has 5 nitrogen and oxygen atoms in total. The number of nitrogen functional groups attached to an aromatic ring is 1. The van der Waals surface area contributed by atoms with E-state index < -0.39 is 10.0 Å². The summed E-state index contributed by atoms with van der Waals surface area (Å²) < 4.78 is 27.7. The van der Waals surface area contributed by atoms with Crippen molar-refractivity contribution in [1.29, 1.82) is 5.26 Å². The second-order valence-corrected chi connectivity index (χ2v) is 7.07. The Bertz CT molecular complexity index is 847. The van der Waals surface area contributed by atoms with Crippen molar-refractivity contribution in [3.8, 4) is 6.07 Å². The lowest BCUT2D eigenvalue weighted by Crippen LogP contribution is -2.15. The Kier molecular flexibility index (Phi) is 4.42. The fourth-order valence-electron chi connectivity index (χ4n) is 1.63. The topological polar surface area (TPSA) is 96.0 Å². The quantitative estimate of drug-likeness (QED) is 0.791. The zero-order valence-electron chi connectivity index (χ0n) is 10.5. The lowest BCUT2D eigenvalue weighted by molar-refractivity contribution is 0.601. The van der Waals surface area contributed by atoms with Gasteiger partial charge >= 0.3 is 0 Å². The van der Waals surface area contributed by atoms with Crippen LogP contribution in [0.15, 0.2) is 45.8 Å². The van der Waals surface area contributed by atoms with Crippen LogP contribution in [0.5, 0.6) is 0 Å². The molecule has 0 spiro atoms. The van der Waals surface area contributed by atoms with Gasteiger partial charge in [-0.25, -0.2) is 8.42 Å². The molecule has 21 heavy (non-hydrogen) atoms. The van der Waals surface area contributed by atoms with Gasteiger partial charge in [-0.05, 0) is 36.4 Å². The van der Waals surface area contributed by atoms with Gasteiger partial charge in [0, 0.05) is 4.47 Å². The van der Waals surface area contributed by atoms with Gasteiger partial charge in [-0.2, -0.15) is 5.26 Å². The molecule has 2 rings (SSSR count). The SMILES string of the molecule is N#Cc1ccc(S(=O)(=O)Nc2ccc(Br)cc2Cl)c(N)c1. The van der Waals surface area contributed by atoms with E-state index in [0.717, 1.165) is 4.47 Å². The van der Waals surface area contributed by atoms with E-state index in [2.05, 4.69) is 20.7 Å². The van der Waals surface area contributed by atoms with Gasteiger partial charge in [-0.1, -0.05) is 27.5 Å². The number of nitrogens with one attached hydrogen (secondary N) is 1. The molecule has 0 atom stereocenters. The smallest absolute Gasteiger partial charge is 0.263 e. The number of hydrogen-bond donors (Lipinski definition) is 2. The fourth-order valence-corrected chi connectivity index (χ4v) is 3.61. The Labute approximate surface area is 135 Å². The summed E-state index contributed by atoms with van der Waals surface area (Å²) in [6, 6.07) is 10.6. The minimum absolute atomic E-state index is 0.00483. The van der Waals surface area contributed by atoms with Crippen LogP contribution in [0, 0.1) is 11.3 Å². The van der Waals surface area contributed by atoms with Crippen molar-refractivity contribution in [2.24, 2.45) is 0 Å². The lowest BCUT2D eigenvalue weighted by atomic mass is 10.2. The first-order chi connectivity index (χ1) is 9.83. The van der Waals surface area contributed by atoms with Gasteiger partial charge < -0.3 is 5.73 Å². The summed E-state index contributed by atoms with van der Waals surface area (Å²) in [7, 11) is -3.89. The molecule has 108 valence electrons. The molecular weight excluding hydrogens is 378 g/mol. The first-order valence-electron chi connectivity index (χ1n) is 5.61. The maximum absolute atomic E-state index is 12.3. The summed E-state index contributed by atoms with van der Waals surface area (Å²) in [6.07, 6.45) is 0. The first-order valence-corrected chi connectivity index (χ1v) is 8.26. The van der Waals surface area contributed by atoms with E-state index in [1.54, 1.807) is 12.1 Å². The molecule has 0 saturated carbocycles. The zero-order chi connectivity index (χ0) is 15.6. The molecule has 0 radical (unpaired) electrons. The van der Waals surface area contributed by atoms with E-state index in [1.165, 1.54) is 24.3 Å². The van der Waals surface area contributed by atoms with Crippen molar-refractivity contribution >= 4 is 48.9 Å². The Morgan fingerprint density at radius 1 is 1.24 bits per heavy atom. The number of nitrogens with two attached hydrogens (primary N) is 1. The summed E-state index contributed by atoms with van der Waals surface area (Å²) in [5.74, 6) is 0. The van der Waals surface area contributed by atoms with Gasteiger partial charge in [0.25, 0.3) is 10.0 Å². The molecule has 0 unspecified atom stereocenters. The van der Waals surface area contributed by atoms with E-state index in [0.29, 0.717) is 0 Å². The summed E-state index contributed by atoms with van der Waals surface area (Å²) >= 11 is 9.22. The molecular formula is C13H9BrClN3O2S. The molecule has 0 aliphatic rings. The van der Waals surface area contributed by atoms with Crippen LogP contribution in [0.25, 0.3) is 0 Å². The lowest BCUT2D eigenvalue weighted by Gasteiger charge is -2.11. The van der Waals surface area contributed by atoms with E-state index >= 15 is 0 Å². The zero-order valence-corrected chi connectivity index (χ0v) is 13.6.